The quantitative estimate of drug-likeness (QED) is 0.148. The lowest BCUT2D eigenvalue weighted by molar-refractivity contribution is -0.132. The Morgan fingerprint density at radius 1 is 1.10 bits per heavy atom. The van der Waals surface area contributed by atoms with Gasteiger partial charge in [-0.3, -0.25) is 14.5 Å². The van der Waals surface area contributed by atoms with Crippen molar-refractivity contribution in [3.8, 4) is 17.2 Å². The molecule has 1 unspecified atom stereocenters. The molecule has 9 heteroatoms. The van der Waals surface area contributed by atoms with Crippen LogP contribution in [0.4, 0.5) is 5.13 Å². The molecule has 0 aliphatic carbocycles. The van der Waals surface area contributed by atoms with E-state index >= 15 is 0 Å². The van der Waals surface area contributed by atoms with Crippen molar-refractivity contribution in [1.29, 1.82) is 0 Å². The maximum Gasteiger partial charge on any atom is 0.301 e. The second-order valence-electron chi connectivity index (χ2n) is 9.16. The molecule has 1 N–H and O–H groups in total. The number of carbonyl (C=O) groups is 2. The highest BCUT2D eigenvalue weighted by atomic mass is 32.1. The van der Waals surface area contributed by atoms with Crippen molar-refractivity contribution in [3.05, 3.63) is 95.6 Å². The molecule has 0 saturated carbocycles. The molecule has 2 aliphatic rings. The third-order valence-corrected chi connectivity index (χ3v) is 7.58. The van der Waals surface area contributed by atoms with E-state index in [1.54, 1.807) is 48.5 Å². The van der Waals surface area contributed by atoms with E-state index in [0.29, 0.717) is 53.3 Å². The minimum absolute atomic E-state index is 0.0353. The van der Waals surface area contributed by atoms with Gasteiger partial charge in [0.15, 0.2) is 16.6 Å². The number of amides is 1. The number of benzene rings is 3. The summed E-state index contributed by atoms with van der Waals surface area (Å²) in [4.78, 5) is 33.1. The van der Waals surface area contributed by atoms with E-state index in [2.05, 4.69) is 11.6 Å². The molecule has 8 nitrogen and oxygen atoms in total. The number of thiazole rings is 1. The second-order valence-corrected chi connectivity index (χ2v) is 10.2. The lowest BCUT2D eigenvalue weighted by Crippen LogP contribution is -2.29. The van der Waals surface area contributed by atoms with Gasteiger partial charge in [-0.25, -0.2) is 4.98 Å². The van der Waals surface area contributed by atoms with Crippen molar-refractivity contribution in [2.24, 2.45) is 0 Å². The minimum atomic E-state index is -0.909. The fourth-order valence-electron chi connectivity index (χ4n) is 4.72. The van der Waals surface area contributed by atoms with Crippen LogP contribution in [0.1, 0.15) is 22.7 Å². The van der Waals surface area contributed by atoms with Gasteiger partial charge < -0.3 is 19.3 Å². The van der Waals surface area contributed by atoms with Crippen molar-refractivity contribution in [2.45, 2.75) is 13.0 Å². The van der Waals surface area contributed by atoms with Crippen LogP contribution in [-0.2, 0) is 9.59 Å². The molecule has 2 aliphatic heterocycles. The summed E-state index contributed by atoms with van der Waals surface area (Å²) in [6.45, 7) is 6.78. The first kappa shape index (κ1) is 24.7. The molecule has 4 aromatic rings. The van der Waals surface area contributed by atoms with Gasteiger partial charge in [0, 0.05) is 5.56 Å². The summed E-state index contributed by atoms with van der Waals surface area (Å²) in [7, 11) is 0. The van der Waals surface area contributed by atoms with E-state index < -0.39 is 17.7 Å². The van der Waals surface area contributed by atoms with Gasteiger partial charge in [-0.15, -0.1) is 0 Å². The molecule has 0 bridgehead atoms. The molecule has 1 fully saturated rings. The number of Topliss-reactive ketones (excluding diaryl/α,β-unsaturated/α-hetero) is 1. The Bertz CT molecular complexity index is 1660. The van der Waals surface area contributed by atoms with E-state index in [1.807, 2.05) is 25.1 Å². The van der Waals surface area contributed by atoms with Crippen LogP contribution in [-0.4, -0.2) is 41.6 Å². The Kier molecular flexibility index (Phi) is 6.28. The smallest absolute Gasteiger partial charge is 0.301 e. The molecule has 1 saturated heterocycles. The highest BCUT2D eigenvalue weighted by Gasteiger charge is 2.48. The average molecular weight is 541 g/mol. The number of hydrogen-bond acceptors (Lipinski definition) is 8. The van der Waals surface area contributed by atoms with Gasteiger partial charge in [0.1, 0.15) is 31.3 Å². The van der Waals surface area contributed by atoms with E-state index in [0.717, 1.165) is 15.8 Å². The zero-order valence-corrected chi connectivity index (χ0v) is 21.9. The molecule has 3 heterocycles. The summed E-state index contributed by atoms with van der Waals surface area (Å²) in [5.41, 5.74) is 2.71. The van der Waals surface area contributed by atoms with Crippen LogP contribution in [0.2, 0.25) is 0 Å². The summed E-state index contributed by atoms with van der Waals surface area (Å²) in [6.07, 6.45) is 1.64. The van der Waals surface area contributed by atoms with Crippen LogP contribution in [0, 0.1) is 6.92 Å². The predicted molar refractivity (Wildman–Crippen MR) is 149 cm³/mol. The maximum absolute atomic E-state index is 13.5. The standard InChI is InChI=1S/C30H24N2O6S/c1-3-12-36-20-8-5-18(6-9-20)26-25(27(33)19-7-11-22-23(16-19)38-14-13-37-22)28(34)29(35)32(26)30-31-21-10-4-17(2)15-24(21)39-30/h3-11,15-16,26,33H,1,12-14H2,2H3/b27-25-. The maximum atomic E-state index is 13.5. The first-order valence-corrected chi connectivity index (χ1v) is 13.2. The summed E-state index contributed by atoms with van der Waals surface area (Å²) >= 11 is 1.32. The number of ketones is 1. The zero-order chi connectivity index (χ0) is 27.1. The molecule has 0 radical (unpaired) electrons. The summed E-state index contributed by atoms with van der Waals surface area (Å²) in [5.74, 6) is -0.243. The number of aryl methyl sites for hydroxylation is 1. The van der Waals surface area contributed by atoms with Gasteiger partial charge in [0.2, 0.25) is 0 Å². The van der Waals surface area contributed by atoms with Gasteiger partial charge in [0.25, 0.3) is 5.78 Å². The van der Waals surface area contributed by atoms with Gasteiger partial charge in [-0.1, -0.05) is 42.2 Å². The second kappa shape index (κ2) is 9.92. The molecule has 6 rings (SSSR count). The molecule has 1 atom stereocenters. The molecule has 39 heavy (non-hydrogen) atoms. The summed E-state index contributed by atoms with van der Waals surface area (Å²) in [5, 5.41) is 11.9. The Balaban J connectivity index is 1.50. The predicted octanol–water partition coefficient (Wildman–Crippen LogP) is 5.57. The Hall–Kier alpha value is -4.63. The topological polar surface area (TPSA) is 98.2 Å². The Labute approximate surface area is 228 Å². The number of rotatable bonds is 6. The van der Waals surface area contributed by atoms with Gasteiger partial charge >= 0.3 is 5.91 Å². The van der Waals surface area contributed by atoms with E-state index in [4.69, 9.17) is 14.2 Å². The third kappa shape index (κ3) is 4.40. The molecular formula is C30H24N2O6S. The molecule has 1 aromatic heterocycles. The van der Waals surface area contributed by atoms with Crippen molar-refractivity contribution >= 4 is 44.1 Å². The van der Waals surface area contributed by atoms with Crippen LogP contribution in [0.5, 0.6) is 17.2 Å². The fraction of sp³-hybridized carbons (Fsp3) is 0.167. The highest BCUT2D eigenvalue weighted by Crippen LogP contribution is 2.45. The first-order chi connectivity index (χ1) is 18.9. The lowest BCUT2D eigenvalue weighted by Gasteiger charge is -2.23. The molecular weight excluding hydrogens is 516 g/mol. The summed E-state index contributed by atoms with van der Waals surface area (Å²) < 4.78 is 17.8. The summed E-state index contributed by atoms with van der Waals surface area (Å²) in [6, 6.07) is 16.9. The van der Waals surface area contributed by atoms with E-state index in [-0.39, 0.29) is 11.3 Å². The number of anilines is 1. The van der Waals surface area contributed by atoms with Gasteiger partial charge in [-0.05, 0) is 60.5 Å². The third-order valence-electron chi connectivity index (χ3n) is 6.56. The zero-order valence-electron chi connectivity index (χ0n) is 21.0. The average Bonchev–Trinajstić information content (AvgIpc) is 3.48. The number of hydrogen-bond donors (Lipinski definition) is 1. The number of ether oxygens (including phenoxy) is 3. The molecule has 0 spiro atoms. The van der Waals surface area contributed by atoms with Gasteiger partial charge in [0.05, 0.1) is 21.8 Å². The van der Waals surface area contributed by atoms with Gasteiger partial charge in [-0.2, -0.15) is 0 Å². The van der Waals surface area contributed by atoms with Crippen LogP contribution in [0.3, 0.4) is 0 Å². The van der Waals surface area contributed by atoms with Crippen LogP contribution in [0.15, 0.2) is 78.9 Å². The van der Waals surface area contributed by atoms with E-state index in [1.165, 1.54) is 16.2 Å². The first-order valence-electron chi connectivity index (χ1n) is 12.4. The van der Waals surface area contributed by atoms with Crippen molar-refractivity contribution in [3.63, 3.8) is 0 Å². The fourth-order valence-corrected chi connectivity index (χ4v) is 5.81. The number of fused-ring (bicyclic) bond motifs is 2. The van der Waals surface area contributed by atoms with Crippen LogP contribution in [0.25, 0.3) is 16.0 Å². The SMILES string of the molecule is C=CCOc1ccc(C2/C(=C(/O)c3ccc4c(c3)OCCO4)C(=O)C(=O)N2c2nc3ccc(C)cc3s2)cc1. The largest absolute Gasteiger partial charge is 0.507 e. The van der Waals surface area contributed by atoms with Crippen molar-refractivity contribution in [2.75, 3.05) is 24.7 Å². The van der Waals surface area contributed by atoms with Crippen LogP contribution < -0.4 is 19.1 Å². The Morgan fingerprint density at radius 3 is 2.64 bits per heavy atom. The number of aliphatic hydroxyl groups excluding tert-OH is 1. The van der Waals surface area contributed by atoms with Crippen LogP contribution >= 0.6 is 11.3 Å². The Morgan fingerprint density at radius 2 is 1.87 bits per heavy atom. The lowest BCUT2D eigenvalue weighted by atomic mass is 9.95. The molecule has 1 amide bonds. The number of aromatic nitrogens is 1. The normalized spacial score (nSPS) is 18.0. The number of carbonyl (C=O) groups excluding carboxylic acids is 2. The minimum Gasteiger partial charge on any atom is -0.507 e. The van der Waals surface area contributed by atoms with E-state index in [9.17, 15) is 14.7 Å². The molecule has 196 valence electrons. The highest BCUT2D eigenvalue weighted by molar-refractivity contribution is 7.22. The molecule has 3 aromatic carbocycles. The number of aliphatic hydroxyl groups is 1. The van der Waals surface area contributed by atoms with Crippen molar-refractivity contribution < 1.29 is 28.9 Å². The number of nitrogens with zero attached hydrogens (tertiary/aromatic N) is 2. The van der Waals surface area contributed by atoms with Crippen molar-refractivity contribution in [1.82, 2.24) is 4.98 Å². The monoisotopic (exact) mass is 540 g/mol.